The third-order valence-electron chi connectivity index (χ3n) is 6.16. The second kappa shape index (κ2) is 10.3. The first-order valence-electron chi connectivity index (χ1n) is 11.5. The topological polar surface area (TPSA) is 79.8 Å². The summed E-state index contributed by atoms with van der Waals surface area (Å²) in [7, 11) is 1.84. The second-order valence-electron chi connectivity index (χ2n) is 8.82. The molecule has 0 radical (unpaired) electrons. The lowest BCUT2D eigenvalue weighted by atomic mass is 10.1. The lowest BCUT2D eigenvalue weighted by Gasteiger charge is -2.24. The van der Waals surface area contributed by atoms with E-state index in [2.05, 4.69) is 15.3 Å². The van der Waals surface area contributed by atoms with Gasteiger partial charge in [0, 0.05) is 40.1 Å². The molecule has 2 aliphatic heterocycles. The Kier molecular flexibility index (Phi) is 7.27. The van der Waals surface area contributed by atoms with E-state index in [-0.39, 0.29) is 24.2 Å². The fraction of sp³-hybridized carbons (Fsp3) is 0.542. The van der Waals surface area contributed by atoms with Crippen molar-refractivity contribution in [1.82, 2.24) is 15.3 Å². The molecule has 2 fully saturated rings. The maximum atomic E-state index is 15.3. The molecule has 3 atom stereocenters. The number of amides is 1. The van der Waals surface area contributed by atoms with Gasteiger partial charge < -0.3 is 24.6 Å². The summed E-state index contributed by atoms with van der Waals surface area (Å²) in [5, 5.41) is 2.87. The lowest BCUT2D eigenvalue weighted by molar-refractivity contribution is -0.119. The first kappa shape index (κ1) is 23.2. The molecule has 33 heavy (non-hydrogen) atoms. The van der Waals surface area contributed by atoms with Crippen LogP contribution in [0.15, 0.2) is 30.6 Å². The van der Waals surface area contributed by atoms with Crippen molar-refractivity contribution in [2.75, 3.05) is 43.1 Å². The summed E-state index contributed by atoms with van der Waals surface area (Å²) in [6.07, 6.45) is 4.28. The minimum Gasteiger partial charge on any atom is -0.489 e. The molecule has 2 aliphatic rings. The molecule has 0 aliphatic carbocycles. The van der Waals surface area contributed by atoms with Crippen molar-refractivity contribution < 1.29 is 18.7 Å². The quantitative estimate of drug-likeness (QED) is 0.653. The van der Waals surface area contributed by atoms with Crippen LogP contribution in [0, 0.1) is 5.82 Å². The van der Waals surface area contributed by atoms with E-state index in [1.54, 1.807) is 0 Å². The number of ether oxygens (including phenoxy) is 2. The van der Waals surface area contributed by atoms with Gasteiger partial charge >= 0.3 is 0 Å². The van der Waals surface area contributed by atoms with E-state index in [9.17, 15) is 4.79 Å². The zero-order valence-electron chi connectivity index (χ0n) is 19.5. The van der Waals surface area contributed by atoms with E-state index in [0.717, 1.165) is 37.2 Å². The Labute approximate surface area is 194 Å². The number of carbonyl (C=O) groups is 1. The van der Waals surface area contributed by atoms with Crippen LogP contribution in [-0.4, -0.2) is 61.4 Å². The van der Waals surface area contributed by atoms with Crippen molar-refractivity contribution >= 4 is 17.5 Å². The van der Waals surface area contributed by atoms with Crippen LogP contribution in [0.3, 0.4) is 0 Å². The fourth-order valence-corrected chi connectivity index (χ4v) is 4.45. The number of hydrogen-bond acceptors (Lipinski definition) is 7. The van der Waals surface area contributed by atoms with Crippen molar-refractivity contribution in [1.29, 1.82) is 0 Å². The molecule has 1 amide bonds. The van der Waals surface area contributed by atoms with E-state index < -0.39 is 5.82 Å². The molecule has 0 unspecified atom stereocenters. The van der Waals surface area contributed by atoms with Gasteiger partial charge in [0.1, 0.15) is 18.2 Å². The molecule has 0 spiro atoms. The van der Waals surface area contributed by atoms with Crippen molar-refractivity contribution in [3.63, 3.8) is 0 Å². The van der Waals surface area contributed by atoms with Gasteiger partial charge in [-0.2, -0.15) is 4.39 Å². The average molecular weight is 458 g/mol. The normalized spacial score (nSPS) is 21.2. The summed E-state index contributed by atoms with van der Waals surface area (Å²) >= 11 is 0. The van der Waals surface area contributed by atoms with Crippen LogP contribution in [0.2, 0.25) is 0 Å². The first-order chi connectivity index (χ1) is 15.9. The van der Waals surface area contributed by atoms with Gasteiger partial charge in [0.25, 0.3) is 0 Å². The Morgan fingerprint density at radius 1 is 1.33 bits per heavy atom. The molecular formula is C24H32FN5O3. The van der Waals surface area contributed by atoms with Crippen LogP contribution in [-0.2, 0) is 9.53 Å². The number of carbonyl (C=O) groups excluding carboxylic acids is 1. The largest absolute Gasteiger partial charge is 0.489 e. The Morgan fingerprint density at radius 2 is 2.12 bits per heavy atom. The SMILES string of the molecule is CC(=O)N[C@@H](C)c1ccc(O[C@@H]2CCN(c3ncnc(N(C)C[C@H]4CCCO4)c3F)C2)cc1. The third kappa shape index (κ3) is 5.71. The third-order valence-corrected chi connectivity index (χ3v) is 6.16. The molecule has 8 nitrogen and oxygen atoms in total. The van der Waals surface area contributed by atoms with Crippen LogP contribution in [0.1, 0.15) is 44.7 Å². The van der Waals surface area contributed by atoms with Crippen LogP contribution in [0.25, 0.3) is 0 Å². The highest BCUT2D eigenvalue weighted by Crippen LogP contribution is 2.29. The number of rotatable bonds is 8. The Balaban J connectivity index is 1.36. The van der Waals surface area contributed by atoms with Crippen LogP contribution >= 0.6 is 0 Å². The highest BCUT2D eigenvalue weighted by atomic mass is 19.1. The zero-order valence-corrected chi connectivity index (χ0v) is 19.5. The van der Waals surface area contributed by atoms with E-state index in [1.807, 2.05) is 48.0 Å². The number of nitrogens with one attached hydrogen (secondary N) is 1. The van der Waals surface area contributed by atoms with E-state index >= 15 is 4.39 Å². The summed E-state index contributed by atoms with van der Waals surface area (Å²) in [6.45, 7) is 6.02. The molecule has 9 heteroatoms. The summed E-state index contributed by atoms with van der Waals surface area (Å²) in [4.78, 5) is 23.4. The number of benzene rings is 1. The minimum absolute atomic E-state index is 0.0629. The Morgan fingerprint density at radius 3 is 2.82 bits per heavy atom. The van der Waals surface area contributed by atoms with Crippen LogP contribution < -0.4 is 19.9 Å². The number of anilines is 2. The van der Waals surface area contributed by atoms with Gasteiger partial charge in [-0.25, -0.2) is 9.97 Å². The van der Waals surface area contributed by atoms with E-state index in [4.69, 9.17) is 9.47 Å². The first-order valence-corrected chi connectivity index (χ1v) is 11.5. The van der Waals surface area contributed by atoms with Gasteiger partial charge in [0.15, 0.2) is 11.6 Å². The van der Waals surface area contributed by atoms with Gasteiger partial charge in [0.2, 0.25) is 11.7 Å². The zero-order chi connectivity index (χ0) is 23.4. The van der Waals surface area contributed by atoms with Crippen molar-refractivity contribution in [3.05, 3.63) is 42.0 Å². The number of aromatic nitrogens is 2. The standard InChI is InChI=1S/C24H32FN5O3/c1-16(28-17(2)31)18-6-8-19(9-7-18)33-21-10-11-30(14-21)24-22(25)23(26-15-27-24)29(3)13-20-5-4-12-32-20/h6-9,15-16,20-21H,4-5,10-14H2,1-3H3,(H,28,31)/t16-,20+,21+/m0/s1. The molecular weight excluding hydrogens is 425 g/mol. The van der Waals surface area contributed by atoms with Crippen molar-refractivity contribution in [2.24, 2.45) is 0 Å². The van der Waals surface area contributed by atoms with Gasteiger partial charge in [0.05, 0.1) is 18.7 Å². The second-order valence-corrected chi connectivity index (χ2v) is 8.82. The highest BCUT2D eigenvalue weighted by molar-refractivity contribution is 5.73. The predicted octanol–water partition coefficient (Wildman–Crippen LogP) is 3.09. The Hall–Kier alpha value is -2.94. The molecule has 178 valence electrons. The van der Waals surface area contributed by atoms with Gasteiger partial charge in [-0.3, -0.25) is 4.79 Å². The maximum Gasteiger partial charge on any atom is 0.217 e. The monoisotopic (exact) mass is 457 g/mol. The van der Waals surface area contributed by atoms with Crippen LogP contribution in [0.4, 0.5) is 16.0 Å². The van der Waals surface area contributed by atoms with Gasteiger partial charge in [-0.1, -0.05) is 12.1 Å². The number of halogens is 1. The molecule has 3 heterocycles. The average Bonchev–Trinajstić information content (AvgIpc) is 3.46. The number of hydrogen-bond donors (Lipinski definition) is 1. The van der Waals surface area contributed by atoms with E-state index in [0.29, 0.717) is 31.3 Å². The summed E-state index contributed by atoms with van der Waals surface area (Å²) in [5.74, 6) is 0.885. The number of likely N-dealkylation sites (N-methyl/N-ethyl adjacent to an activating group) is 1. The summed E-state index contributed by atoms with van der Waals surface area (Å²) < 4.78 is 27.1. The van der Waals surface area contributed by atoms with Crippen molar-refractivity contribution in [3.8, 4) is 5.75 Å². The Bertz CT molecular complexity index is 952. The molecule has 2 aromatic rings. The molecule has 0 saturated carbocycles. The van der Waals surface area contributed by atoms with Gasteiger partial charge in [-0.05, 0) is 37.5 Å². The minimum atomic E-state index is -0.407. The molecule has 1 N–H and O–H groups in total. The summed E-state index contributed by atoms with van der Waals surface area (Å²) in [6, 6.07) is 7.64. The molecule has 1 aromatic carbocycles. The van der Waals surface area contributed by atoms with E-state index in [1.165, 1.54) is 13.3 Å². The maximum absolute atomic E-state index is 15.3. The molecule has 4 rings (SSSR count). The summed E-state index contributed by atoms with van der Waals surface area (Å²) in [5.41, 5.74) is 1.01. The van der Waals surface area contributed by atoms with Crippen LogP contribution in [0.5, 0.6) is 5.75 Å². The molecule has 2 saturated heterocycles. The molecule has 0 bridgehead atoms. The lowest BCUT2D eigenvalue weighted by Crippen LogP contribution is -2.31. The van der Waals surface area contributed by atoms with Gasteiger partial charge in [-0.15, -0.1) is 0 Å². The van der Waals surface area contributed by atoms with Crippen molar-refractivity contribution in [2.45, 2.75) is 51.4 Å². The number of nitrogens with zero attached hydrogens (tertiary/aromatic N) is 4. The predicted molar refractivity (Wildman–Crippen MR) is 124 cm³/mol. The smallest absolute Gasteiger partial charge is 0.217 e. The highest BCUT2D eigenvalue weighted by Gasteiger charge is 2.29. The fourth-order valence-electron chi connectivity index (χ4n) is 4.45. The molecule has 1 aromatic heterocycles.